The van der Waals surface area contributed by atoms with E-state index in [2.05, 4.69) is 10.6 Å². The summed E-state index contributed by atoms with van der Waals surface area (Å²) in [4.78, 5) is 27.2. The molecule has 0 spiro atoms. The fourth-order valence-corrected chi connectivity index (χ4v) is 8.75. The molecule has 3 N–H and O–H groups in total. The molecule has 0 saturated carbocycles. The molecule has 1 aromatic carbocycles. The second kappa shape index (κ2) is 13.6. The summed E-state index contributed by atoms with van der Waals surface area (Å²) in [5.41, 5.74) is 0.193. The summed E-state index contributed by atoms with van der Waals surface area (Å²) >= 11 is 13.0. The monoisotopic (exact) mass is 652 g/mol. The second-order valence-corrected chi connectivity index (χ2v) is 14.5. The first-order valence-electron chi connectivity index (χ1n) is 13.3. The molecule has 15 heteroatoms. The number of rotatable bonds is 11. The number of carbonyl (C=O) groups is 2. The molecule has 0 bridgehead atoms. The minimum atomic E-state index is -4.04. The summed E-state index contributed by atoms with van der Waals surface area (Å²) in [6.45, 7) is 2.91. The van der Waals surface area contributed by atoms with Gasteiger partial charge in [0.2, 0.25) is 21.8 Å². The fourth-order valence-electron chi connectivity index (χ4n) is 5.17. The van der Waals surface area contributed by atoms with Gasteiger partial charge in [0.05, 0.1) is 22.4 Å². The number of piperazine rings is 1. The van der Waals surface area contributed by atoms with Gasteiger partial charge in [0.15, 0.2) is 0 Å². The number of benzene rings is 1. The van der Waals surface area contributed by atoms with Crippen LogP contribution >= 0.6 is 34.5 Å². The van der Waals surface area contributed by atoms with Crippen molar-refractivity contribution < 1.29 is 31.9 Å². The Morgan fingerprint density at radius 3 is 2.56 bits per heavy atom. The van der Waals surface area contributed by atoms with Gasteiger partial charge in [-0.1, -0.05) is 36.5 Å². The van der Waals surface area contributed by atoms with Crippen molar-refractivity contribution in [1.82, 2.24) is 19.8 Å². The molecule has 41 heavy (non-hydrogen) atoms. The first-order valence-corrected chi connectivity index (χ1v) is 16.3. The first kappa shape index (κ1) is 32.1. The Morgan fingerprint density at radius 1 is 1.22 bits per heavy atom. The minimum absolute atomic E-state index is 0.0167. The highest BCUT2D eigenvalue weighted by Gasteiger charge is 2.40. The Kier molecular flexibility index (Phi) is 10.6. The van der Waals surface area contributed by atoms with Gasteiger partial charge in [0, 0.05) is 51.3 Å². The van der Waals surface area contributed by atoms with Crippen LogP contribution in [0.5, 0.6) is 0 Å². The van der Waals surface area contributed by atoms with Crippen molar-refractivity contribution in [2.75, 3.05) is 32.7 Å². The second-order valence-electron chi connectivity index (χ2n) is 10.3. The Labute approximate surface area is 251 Å². The average Bonchev–Trinajstić information content (AvgIpc) is 3.46. The Balaban J connectivity index is 1.53. The fraction of sp³-hybridized carbons (Fsp3) is 0.538. The van der Waals surface area contributed by atoms with E-state index in [0.717, 1.165) is 42.4 Å². The predicted molar refractivity (Wildman–Crippen MR) is 152 cm³/mol. The lowest BCUT2D eigenvalue weighted by Crippen LogP contribution is -2.62. The highest BCUT2D eigenvalue weighted by atomic mass is 35.5. The molecule has 2 saturated heterocycles. The zero-order chi connectivity index (χ0) is 29.9. The van der Waals surface area contributed by atoms with E-state index in [0.29, 0.717) is 6.54 Å². The van der Waals surface area contributed by atoms with Crippen molar-refractivity contribution in [3.63, 3.8) is 0 Å². The summed E-state index contributed by atoms with van der Waals surface area (Å²) in [6.07, 6.45) is 0.218. The number of unbranched alkanes of at least 4 members (excludes halogenated alkanes) is 1. The molecule has 2 aliphatic rings. The number of nitrogens with zero attached hydrogens (tertiary/aromatic N) is 2. The van der Waals surface area contributed by atoms with E-state index < -0.39 is 51.7 Å². The van der Waals surface area contributed by atoms with E-state index >= 15 is 0 Å². The lowest BCUT2D eigenvalue weighted by Gasteiger charge is -2.38. The summed E-state index contributed by atoms with van der Waals surface area (Å²) in [7, 11) is -4.04. The maximum atomic E-state index is 14.0. The molecule has 2 amide bonds. The van der Waals surface area contributed by atoms with Crippen LogP contribution in [-0.2, 0) is 26.0 Å². The van der Waals surface area contributed by atoms with Crippen LogP contribution in [0.4, 0.5) is 8.78 Å². The van der Waals surface area contributed by atoms with E-state index in [9.17, 15) is 31.9 Å². The van der Waals surface area contributed by atoms with Gasteiger partial charge in [-0.25, -0.2) is 17.2 Å². The van der Waals surface area contributed by atoms with Gasteiger partial charge < -0.3 is 20.6 Å². The number of carbonyl (C=O) groups excluding carboxylic acids is 2. The predicted octanol–water partition coefficient (Wildman–Crippen LogP) is 3.03. The molecule has 0 radical (unpaired) electrons. The van der Waals surface area contributed by atoms with Crippen LogP contribution in [0.25, 0.3) is 0 Å². The van der Waals surface area contributed by atoms with Crippen LogP contribution in [0, 0.1) is 17.6 Å². The highest BCUT2D eigenvalue weighted by Crippen LogP contribution is 2.36. The molecule has 2 fully saturated rings. The van der Waals surface area contributed by atoms with E-state index in [1.54, 1.807) is 4.90 Å². The lowest BCUT2D eigenvalue weighted by atomic mass is 9.94. The largest absolute Gasteiger partial charge is 0.389 e. The third kappa shape index (κ3) is 7.75. The molecule has 0 aliphatic carbocycles. The molecule has 4 rings (SSSR count). The molecule has 2 aromatic rings. The maximum Gasteiger partial charge on any atom is 0.245 e. The van der Waals surface area contributed by atoms with Crippen molar-refractivity contribution in [2.45, 2.75) is 55.7 Å². The molecule has 226 valence electrons. The average molecular weight is 654 g/mol. The van der Waals surface area contributed by atoms with Crippen LogP contribution in [0.3, 0.4) is 0 Å². The summed E-state index contributed by atoms with van der Waals surface area (Å²) in [6, 6.07) is 2.30. The van der Waals surface area contributed by atoms with Crippen LogP contribution < -0.4 is 10.6 Å². The number of nitrogens with one attached hydrogen (secondary N) is 2. The van der Waals surface area contributed by atoms with Gasteiger partial charge in [0.1, 0.15) is 20.9 Å². The normalized spacial score (nSPS) is 21.7. The van der Waals surface area contributed by atoms with Gasteiger partial charge in [-0.05, 0) is 36.6 Å². The van der Waals surface area contributed by atoms with Crippen molar-refractivity contribution in [2.24, 2.45) is 5.92 Å². The van der Waals surface area contributed by atoms with E-state index in [1.165, 1.54) is 10.4 Å². The van der Waals surface area contributed by atoms with Crippen LogP contribution in [0.1, 0.15) is 31.7 Å². The molecule has 2 unspecified atom stereocenters. The standard InChI is InChI=1S/C26H32Cl2F2N4O5S2/c1-2-3-5-33-13-16(10-23(33)35)26(37)32-19(9-15-7-17(29)11-18(30)8-15)24(36)20-14-34(6-4-31-20)41(38,39)21-12-22(27)40-25(21)28/h7-8,11-12,16,19-20,24,31,36H,2-6,9-10,13-14H2,1H3,(H,32,37)/t16?,19?,20-,24+/m1/s1. The molecule has 1 aromatic heterocycles. The SMILES string of the molecule is CCCCN1CC(C(=O)NC(Cc2cc(F)cc(F)c2)[C@H](O)[C@H]2CN(S(=O)(=O)c3cc(Cl)sc3Cl)CCN2)CC1=O. The third-order valence-electron chi connectivity index (χ3n) is 7.31. The van der Waals surface area contributed by atoms with Crippen molar-refractivity contribution in [3.8, 4) is 0 Å². The molecular formula is C26H32Cl2F2N4O5S2. The highest BCUT2D eigenvalue weighted by molar-refractivity contribution is 7.89. The van der Waals surface area contributed by atoms with Gasteiger partial charge in [-0.3, -0.25) is 9.59 Å². The van der Waals surface area contributed by atoms with Crippen molar-refractivity contribution in [3.05, 3.63) is 50.1 Å². The lowest BCUT2D eigenvalue weighted by molar-refractivity contribution is -0.129. The van der Waals surface area contributed by atoms with Crippen LogP contribution in [0.2, 0.25) is 8.67 Å². The molecule has 3 heterocycles. The number of halogens is 4. The molecule has 4 atom stereocenters. The number of aliphatic hydroxyl groups excluding tert-OH is 1. The molecule has 2 aliphatic heterocycles. The van der Waals surface area contributed by atoms with Gasteiger partial charge in [0.25, 0.3) is 0 Å². The van der Waals surface area contributed by atoms with Gasteiger partial charge in [-0.2, -0.15) is 4.31 Å². The van der Waals surface area contributed by atoms with Crippen molar-refractivity contribution in [1.29, 1.82) is 0 Å². The zero-order valence-corrected chi connectivity index (χ0v) is 25.4. The number of aliphatic hydroxyl groups is 1. The Morgan fingerprint density at radius 2 is 1.93 bits per heavy atom. The maximum absolute atomic E-state index is 14.0. The number of amides is 2. The van der Waals surface area contributed by atoms with E-state index in [4.69, 9.17) is 23.2 Å². The van der Waals surface area contributed by atoms with Gasteiger partial charge in [-0.15, -0.1) is 11.3 Å². The van der Waals surface area contributed by atoms with E-state index in [-0.39, 0.29) is 64.1 Å². The number of hydrogen-bond donors (Lipinski definition) is 3. The smallest absolute Gasteiger partial charge is 0.245 e. The van der Waals surface area contributed by atoms with Crippen LogP contribution in [-0.4, -0.2) is 85.5 Å². The minimum Gasteiger partial charge on any atom is -0.389 e. The Bertz CT molecular complexity index is 1360. The van der Waals surface area contributed by atoms with Gasteiger partial charge >= 0.3 is 0 Å². The summed E-state index contributed by atoms with van der Waals surface area (Å²) < 4.78 is 55.9. The topological polar surface area (TPSA) is 119 Å². The number of sulfonamides is 1. The zero-order valence-electron chi connectivity index (χ0n) is 22.3. The first-order chi connectivity index (χ1) is 19.4. The summed E-state index contributed by atoms with van der Waals surface area (Å²) in [5.74, 6) is -2.89. The van der Waals surface area contributed by atoms with E-state index in [1.807, 2.05) is 6.92 Å². The number of likely N-dealkylation sites (tertiary alicyclic amines) is 1. The Hall–Kier alpha value is -1.87. The molecule has 9 nitrogen and oxygen atoms in total. The third-order valence-corrected chi connectivity index (χ3v) is 10.9. The van der Waals surface area contributed by atoms with Crippen LogP contribution in [0.15, 0.2) is 29.2 Å². The quantitative estimate of drug-likeness (QED) is 0.343. The summed E-state index contributed by atoms with van der Waals surface area (Å²) in [5, 5.41) is 17.3. The number of thiophene rings is 1. The number of hydrogen-bond acceptors (Lipinski definition) is 7. The van der Waals surface area contributed by atoms with Crippen molar-refractivity contribution >= 4 is 56.4 Å². The molecular weight excluding hydrogens is 621 g/mol.